The van der Waals surface area contributed by atoms with Crippen molar-refractivity contribution in [2.45, 2.75) is 17.1 Å². The standard InChI is InChI=1S/C9H9BrClNO2S/c1-6(5-11)15-9-4-7(10)2-3-8(9)12(13)14/h2-4,6H,5H2,1H3. The Balaban J connectivity index is 3.02. The van der Waals surface area contributed by atoms with Crippen LogP contribution in [0.2, 0.25) is 0 Å². The van der Waals surface area contributed by atoms with Gasteiger partial charge in [-0.25, -0.2) is 0 Å². The smallest absolute Gasteiger partial charge is 0.258 e. The number of benzene rings is 1. The third-order valence-electron chi connectivity index (χ3n) is 1.66. The van der Waals surface area contributed by atoms with E-state index >= 15 is 0 Å². The lowest BCUT2D eigenvalue weighted by Gasteiger charge is -2.07. The molecule has 0 spiro atoms. The highest BCUT2D eigenvalue weighted by atomic mass is 79.9. The normalized spacial score (nSPS) is 12.5. The van der Waals surface area contributed by atoms with Crippen molar-refractivity contribution in [1.82, 2.24) is 0 Å². The summed E-state index contributed by atoms with van der Waals surface area (Å²) in [6, 6.07) is 4.90. The highest BCUT2D eigenvalue weighted by Gasteiger charge is 2.16. The van der Waals surface area contributed by atoms with Gasteiger partial charge in [0.25, 0.3) is 5.69 Å². The number of hydrogen-bond donors (Lipinski definition) is 0. The molecule has 82 valence electrons. The summed E-state index contributed by atoms with van der Waals surface area (Å²) in [5, 5.41) is 10.9. The van der Waals surface area contributed by atoms with E-state index in [0.717, 1.165) is 4.47 Å². The van der Waals surface area contributed by atoms with Crippen LogP contribution in [0, 0.1) is 10.1 Å². The first-order chi connectivity index (χ1) is 7.04. The summed E-state index contributed by atoms with van der Waals surface area (Å²) in [5.74, 6) is 0.467. The van der Waals surface area contributed by atoms with Crippen molar-refractivity contribution in [2.24, 2.45) is 0 Å². The molecule has 3 nitrogen and oxygen atoms in total. The molecule has 0 saturated heterocycles. The van der Waals surface area contributed by atoms with E-state index in [1.807, 2.05) is 6.92 Å². The zero-order valence-corrected chi connectivity index (χ0v) is 11.1. The first-order valence-corrected chi connectivity index (χ1v) is 6.42. The predicted molar refractivity (Wildman–Crippen MR) is 66.8 cm³/mol. The number of alkyl halides is 1. The number of nitro groups is 1. The molecule has 1 atom stereocenters. The molecule has 0 bridgehead atoms. The monoisotopic (exact) mass is 309 g/mol. The zero-order chi connectivity index (χ0) is 11.4. The number of hydrogen-bond acceptors (Lipinski definition) is 3. The Kier molecular flexibility index (Phi) is 4.89. The van der Waals surface area contributed by atoms with E-state index in [0.29, 0.717) is 10.8 Å². The molecule has 1 aromatic rings. The number of halogens is 2. The third-order valence-corrected chi connectivity index (χ3v) is 3.95. The first kappa shape index (κ1) is 12.8. The molecule has 0 fully saturated rings. The minimum atomic E-state index is -0.379. The van der Waals surface area contributed by atoms with Crippen LogP contribution >= 0.6 is 39.3 Å². The number of nitrogens with zero attached hydrogens (tertiary/aromatic N) is 1. The molecule has 0 aromatic heterocycles. The maximum Gasteiger partial charge on any atom is 0.282 e. The summed E-state index contributed by atoms with van der Waals surface area (Å²) in [6.45, 7) is 1.93. The van der Waals surface area contributed by atoms with Crippen molar-refractivity contribution in [3.63, 3.8) is 0 Å². The van der Waals surface area contributed by atoms with E-state index in [1.54, 1.807) is 12.1 Å². The van der Waals surface area contributed by atoms with Crippen molar-refractivity contribution < 1.29 is 4.92 Å². The van der Waals surface area contributed by atoms with Gasteiger partial charge in [-0.1, -0.05) is 22.9 Å². The van der Waals surface area contributed by atoms with Gasteiger partial charge in [0.15, 0.2) is 0 Å². The summed E-state index contributed by atoms with van der Waals surface area (Å²) >= 11 is 10.4. The first-order valence-electron chi connectivity index (χ1n) is 4.21. The van der Waals surface area contributed by atoms with Gasteiger partial charge in [0.1, 0.15) is 0 Å². The number of thioether (sulfide) groups is 1. The lowest BCUT2D eigenvalue weighted by atomic mass is 10.3. The lowest BCUT2D eigenvalue weighted by molar-refractivity contribution is -0.387. The summed E-state index contributed by atoms with van der Waals surface area (Å²) in [6.07, 6.45) is 0. The fourth-order valence-corrected chi connectivity index (χ4v) is 2.64. The van der Waals surface area contributed by atoms with E-state index in [4.69, 9.17) is 11.6 Å². The molecule has 6 heteroatoms. The Morgan fingerprint density at radius 1 is 1.67 bits per heavy atom. The van der Waals surface area contributed by atoms with Crippen molar-refractivity contribution in [3.05, 3.63) is 32.8 Å². The molecule has 1 aromatic carbocycles. The van der Waals surface area contributed by atoms with Gasteiger partial charge in [0.05, 0.1) is 9.82 Å². The Hall–Kier alpha value is -0.260. The molecule has 0 aliphatic rings. The second kappa shape index (κ2) is 5.72. The summed E-state index contributed by atoms with van der Waals surface area (Å²) in [7, 11) is 0. The van der Waals surface area contributed by atoms with Gasteiger partial charge in [-0.2, -0.15) is 0 Å². The van der Waals surface area contributed by atoms with Crippen LogP contribution in [0.1, 0.15) is 6.92 Å². The van der Waals surface area contributed by atoms with Crippen molar-refractivity contribution >= 4 is 45.0 Å². The molecule has 1 unspecified atom stereocenters. The van der Waals surface area contributed by atoms with Gasteiger partial charge in [0.2, 0.25) is 0 Å². The number of rotatable bonds is 4. The van der Waals surface area contributed by atoms with Gasteiger partial charge in [0, 0.05) is 21.7 Å². The zero-order valence-electron chi connectivity index (χ0n) is 7.94. The molecule has 1 rings (SSSR count). The maximum atomic E-state index is 10.7. The van der Waals surface area contributed by atoms with Gasteiger partial charge in [-0.05, 0) is 12.1 Å². The molecule has 0 N–H and O–H groups in total. The third kappa shape index (κ3) is 3.66. The predicted octanol–water partition coefficient (Wildman–Crippen LogP) is 4.08. The minimum absolute atomic E-state index is 0.125. The van der Waals surface area contributed by atoms with E-state index in [9.17, 15) is 10.1 Å². The quantitative estimate of drug-likeness (QED) is 0.364. The van der Waals surface area contributed by atoms with E-state index in [1.165, 1.54) is 17.8 Å². The lowest BCUT2D eigenvalue weighted by Crippen LogP contribution is -1.99. The second-order valence-corrected chi connectivity index (χ2v) is 5.66. The minimum Gasteiger partial charge on any atom is -0.258 e. The number of nitro benzene ring substituents is 1. The molecule has 0 aliphatic heterocycles. The highest BCUT2D eigenvalue weighted by molar-refractivity contribution is 9.10. The molecular weight excluding hydrogens is 302 g/mol. The highest BCUT2D eigenvalue weighted by Crippen LogP contribution is 2.34. The van der Waals surface area contributed by atoms with Crippen molar-refractivity contribution in [1.29, 1.82) is 0 Å². The van der Waals surface area contributed by atoms with Crippen LogP contribution in [0.5, 0.6) is 0 Å². The van der Waals surface area contributed by atoms with Crippen molar-refractivity contribution in [2.75, 3.05) is 5.88 Å². The van der Waals surface area contributed by atoms with Gasteiger partial charge < -0.3 is 0 Å². The fourth-order valence-electron chi connectivity index (χ4n) is 0.981. The van der Waals surface area contributed by atoms with E-state index < -0.39 is 0 Å². The van der Waals surface area contributed by atoms with Crippen LogP contribution in [0.15, 0.2) is 27.6 Å². The molecular formula is C9H9BrClNO2S. The molecule has 0 saturated carbocycles. The molecule has 0 heterocycles. The van der Waals surface area contributed by atoms with Gasteiger partial charge in [-0.15, -0.1) is 23.4 Å². The SMILES string of the molecule is CC(CCl)Sc1cc(Br)ccc1[N+](=O)[O-]. The van der Waals surface area contributed by atoms with Gasteiger partial charge >= 0.3 is 0 Å². The summed E-state index contributed by atoms with van der Waals surface area (Å²) < 4.78 is 0.831. The van der Waals surface area contributed by atoms with Crippen LogP contribution in [0.4, 0.5) is 5.69 Å². The average molecular weight is 311 g/mol. The Bertz CT molecular complexity index is 375. The molecule has 0 radical (unpaired) electrons. The summed E-state index contributed by atoms with van der Waals surface area (Å²) in [5.41, 5.74) is 0.125. The van der Waals surface area contributed by atoms with Crippen LogP contribution in [-0.4, -0.2) is 16.1 Å². The maximum absolute atomic E-state index is 10.7. The van der Waals surface area contributed by atoms with Gasteiger partial charge in [-0.3, -0.25) is 10.1 Å². The van der Waals surface area contributed by atoms with E-state index in [-0.39, 0.29) is 15.9 Å². The largest absolute Gasteiger partial charge is 0.282 e. The van der Waals surface area contributed by atoms with Crippen LogP contribution < -0.4 is 0 Å². The van der Waals surface area contributed by atoms with Crippen LogP contribution in [0.3, 0.4) is 0 Å². The second-order valence-electron chi connectivity index (χ2n) is 2.95. The van der Waals surface area contributed by atoms with E-state index in [2.05, 4.69) is 15.9 Å². The Labute approximate surface area is 105 Å². The van der Waals surface area contributed by atoms with Crippen LogP contribution in [0.25, 0.3) is 0 Å². The summed E-state index contributed by atoms with van der Waals surface area (Å²) in [4.78, 5) is 11.0. The topological polar surface area (TPSA) is 43.1 Å². The molecule has 15 heavy (non-hydrogen) atoms. The van der Waals surface area contributed by atoms with Crippen LogP contribution in [-0.2, 0) is 0 Å². The van der Waals surface area contributed by atoms with Crippen molar-refractivity contribution in [3.8, 4) is 0 Å². The molecule has 0 aliphatic carbocycles. The Morgan fingerprint density at radius 3 is 2.87 bits per heavy atom. The molecule has 0 amide bonds. The average Bonchev–Trinajstić information content (AvgIpc) is 2.17. The Morgan fingerprint density at radius 2 is 2.33 bits per heavy atom. The fraction of sp³-hybridized carbons (Fsp3) is 0.333.